The molecule has 0 spiro atoms. The molecule has 0 fully saturated rings. The normalized spacial score (nSPS) is 12.0. The Morgan fingerprint density at radius 2 is 1.65 bits per heavy atom. The van der Waals surface area contributed by atoms with Gasteiger partial charge in [-0.1, -0.05) is 0 Å². The van der Waals surface area contributed by atoms with E-state index in [0.717, 1.165) is 17.7 Å². The van der Waals surface area contributed by atoms with Crippen LogP contribution in [0, 0.1) is 11.6 Å². The number of methoxy groups -OCH3 is 1. The van der Waals surface area contributed by atoms with Gasteiger partial charge in [0.25, 0.3) is 0 Å². The van der Waals surface area contributed by atoms with E-state index in [0.29, 0.717) is 21.8 Å². The van der Waals surface area contributed by atoms with Gasteiger partial charge in [0.05, 0.1) is 19.0 Å². The van der Waals surface area contributed by atoms with E-state index in [4.69, 9.17) is 4.74 Å². The molecule has 0 saturated heterocycles. The van der Waals surface area contributed by atoms with Crippen LogP contribution in [0.4, 0.5) is 23.2 Å². The molecule has 5 nitrogen and oxygen atoms in total. The zero-order valence-corrected chi connectivity index (χ0v) is 18.5. The molecular formula is C24H17F4N3O2S. The minimum atomic E-state index is -2.93. The van der Waals surface area contributed by atoms with E-state index in [9.17, 15) is 17.6 Å². The lowest BCUT2D eigenvalue weighted by Gasteiger charge is -2.07. The molecule has 0 unspecified atom stereocenters. The highest BCUT2D eigenvalue weighted by Crippen LogP contribution is 2.25. The lowest BCUT2D eigenvalue weighted by Crippen LogP contribution is -2.11. The molecule has 0 bridgehead atoms. The highest BCUT2D eigenvalue weighted by molar-refractivity contribution is 7.07. The van der Waals surface area contributed by atoms with E-state index >= 15 is 0 Å². The van der Waals surface area contributed by atoms with Gasteiger partial charge in [-0.05, 0) is 66.2 Å². The number of nitrogens with zero attached hydrogens (tertiary/aromatic N) is 3. The first-order valence-corrected chi connectivity index (χ1v) is 10.7. The summed E-state index contributed by atoms with van der Waals surface area (Å²) in [5.41, 5.74) is 1.94. The Hall–Kier alpha value is -3.92. The number of ether oxygens (including phenoxy) is 2. The molecule has 0 aliphatic rings. The van der Waals surface area contributed by atoms with Crippen molar-refractivity contribution in [1.29, 1.82) is 0 Å². The van der Waals surface area contributed by atoms with Gasteiger partial charge in [-0.25, -0.2) is 18.4 Å². The van der Waals surface area contributed by atoms with Gasteiger partial charge in [0.2, 0.25) is 4.80 Å². The minimum Gasteiger partial charge on any atom is -0.497 e. The van der Waals surface area contributed by atoms with Crippen LogP contribution in [0.25, 0.3) is 11.3 Å². The van der Waals surface area contributed by atoms with Crippen molar-refractivity contribution in [1.82, 2.24) is 4.68 Å². The summed E-state index contributed by atoms with van der Waals surface area (Å²) < 4.78 is 63.5. The van der Waals surface area contributed by atoms with Crippen molar-refractivity contribution in [3.8, 4) is 22.8 Å². The van der Waals surface area contributed by atoms with Crippen LogP contribution in [0.15, 0.2) is 82.2 Å². The summed E-state index contributed by atoms with van der Waals surface area (Å²) in [6.07, 6.45) is 1.59. The standard InChI is InChI=1S/C24H17F4N3O2S/c1-32-18-7-2-15(3-8-18)13-29-31-22(16-4-9-19(10-5-16)33-23(27)28)14-34-24(31)30-21-11-6-17(25)12-20(21)26/h2-14,23H,1H3. The van der Waals surface area contributed by atoms with Gasteiger partial charge < -0.3 is 9.47 Å². The van der Waals surface area contributed by atoms with Crippen LogP contribution in [0.5, 0.6) is 11.5 Å². The fourth-order valence-corrected chi connectivity index (χ4v) is 3.83. The number of hydrogen-bond donors (Lipinski definition) is 0. The molecule has 0 radical (unpaired) electrons. The molecule has 0 atom stereocenters. The Kier molecular flexibility index (Phi) is 7.07. The van der Waals surface area contributed by atoms with Crippen molar-refractivity contribution < 1.29 is 27.0 Å². The first-order chi connectivity index (χ1) is 16.4. The van der Waals surface area contributed by atoms with Crippen molar-refractivity contribution in [2.24, 2.45) is 10.1 Å². The molecule has 0 amide bonds. The van der Waals surface area contributed by atoms with E-state index in [-0.39, 0.29) is 11.4 Å². The van der Waals surface area contributed by atoms with E-state index in [1.54, 1.807) is 43.0 Å². The van der Waals surface area contributed by atoms with Gasteiger partial charge >= 0.3 is 6.61 Å². The van der Waals surface area contributed by atoms with Crippen LogP contribution in [0.1, 0.15) is 5.56 Å². The monoisotopic (exact) mass is 487 g/mol. The molecule has 34 heavy (non-hydrogen) atoms. The molecule has 1 aromatic heterocycles. The largest absolute Gasteiger partial charge is 0.497 e. The van der Waals surface area contributed by atoms with Crippen molar-refractivity contribution in [3.63, 3.8) is 0 Å². The van der Waals surface area contributed by atoms with E-state index in [1.807, 2.05) is 12.1 Å². The highest BCUT2D eigenvalue weighted by atomic mass is 32.1. The second kappa shape index (κ2) is 10.3. The van der Waals surface area contributed by atoms with Crippen molar-refractivity contribution in [3.05, 3.63) is 94.1 Å². The quantitative estimate of drug-likeness (QED) is 0.230. The number of rotatable bonds is 7. The first kappa shape index (κ1) is 23.2. The molecule has 0 saturated carbocycles. The lowest BCUT2D eigenvalue weighted by atomic mass is 10.2. The average Bonchev–Trinajstić information content (AvgIpc) is 3.22. The summed E-state index contributed by atoms with van der Waals surface area (Å²) >= 11 is 1.19. The van der Waals surface area contributed by atoms with Crippen LogP contribution in [0.3, 0.4) is 0 Å². The fraction of sp³-hybridized carbons (Fsp3) is 0.0833. The predicted octanol–water partition coefficient (Wildman–Crippen LogP) is 6.22. The van der Waals surface area contributed by atoms with Gasteiger partial charge in [-0.3, -0.25) is 0 Å². The van der Waals surface area contributed by atoms with Crippen LogP contribution < -0.4 is 14.3 Å². The second-order valence-corrected chi connectivity index (χ2v) is 7.68. The number of alkyl halides is 2. The van der Waals surface area contributed by atoms with Crippen LogP contribution in [-0.4, -0.2) is 24.6 Å². The summed E-state index contributed by atoms with van der Waals surface area (Å²) in [6.45, 7) is -2.93. The molecule has 4 aromatic rings. The minimum absolute atomic E-state index is 0.0144. The summed E-state index contributed by atoms with van der Waals surface area (Å²) in [7, 11) is 1.57. The lowest BCUT2D eigenvalue weighted by molar-refractivity contribution is -0.0498. The topological polar surface area (TPSA) is 48.1 Å². The Labute approximate surface area is 195 Å². The highest BCUT2D eigenvalue weighted by Gasteiger charge is 2.11. The Bertz CT molecular complexity index is 1360. The number of aromatic nitrogens is 1. The molecular weight excluding hydrogens is 470 g/mol. The van der Waals surface area contributed by atoms with Crippen LogP contribution in [0.2, 0.25) is 0 Å². The van der Waals surface area contributed by atoms with Crippen molar-refractivity contribution >= 4 is 23.2 Å². The average molecular weight is 487 g/mol. The van der Waals surface area contributed by atoms with Crippen molar-refractivity contribution in [2.45, 2.75) is 6.61 Å². The Morgan fingerprint density at radius 3 is 2.29 bits per heavy atom. The zero-order valence-electron chi connectivity index (χ0n) is 17.7. The number of thiazole rings is 1. The number of benzene rings is 3. The zero-order chi connectivity index (χ0) is 24.1. The Morgan fingerprint density at radius 1 is 0.941 bits per heavy atom. The molecule has 0 N–H and O–H groups in total. The summed E-state index contributed by atoms with van der Waals surface area (Å²) in [5, 5.41) is 6.25. The maximum absolute atomic E-state index is 14.2. The number of halogens is 4. The SMILES string of the molecule is COc1ccc(C=Nn2c(-c3ccc(OC(F)F)cc3)csc2=Nc2ccc(F)cc2F)cc1. The van der Waals surface area contributed by atoms with Crippen LogP contribution >= 0.6 is 11.3 Å². The first-order valence-electron chi connectivity index (χ1n) is 9.87. The van der Waals surface area contributed by atoms with Crippen LogP contribution in [-0.2, 0) is 0 Å². The van der Waals surface area contributed by atoms with Gasteiger partial charge in [0, 0.05) is 17.0 Å². The predicted molar refractivity (Wildman–Crippen MR) is 122 cm³/mol. The van der Waals surface area contributed by atoms with E-state index in [1.165, 1.54) is 34.2 Å². The molecule has 4 rings (SSSR count). The molecule has 10 heteroatoms. The van der Waals surface area contributed by atoms with Gasteiger partial charge in [0.15, 0.2) is 5.82 Å². The molecule has 0 aliphatic heterocycles. The third kappa shape index (κ3) is 5.52. The third-order valence-electron chi connectivity index (χ3n) is 4.62. The van der Waals surface area contributed by atoms with Gasteiger partial charge in [-0.15, -0.1) is 11.3 Å². The Balaban J connectivity index is 1.78. The summed E-state index contributed by atoms with van der Waals surface area (Å²) in [6, 6.07) is 16.3. The second-order valence-electron chi connectivity index (χ2n) is 6.84. The maximum Gasteiger partial charge on any atom is 0.387 e. The molecule has 1 heterocycles. The molecule has 174 valence electrons. The van der Waals surface area contributed by atoms with E-state index in [2.05, 4.69) is 14.8 Å². The summed E-state index contributed by atoms with van der Waals surface area (Å²) in [5.74, 6) is -0.816. The van der Waals surface area contributed by atoms with Crippen molar-refractivity contribution in [2.75, 3.05) is 7.11 Å². The summed E-state index contributed by atoms with van der Waals surface area (Å²) in [4.78, 5) is 4.62. The maximum atomic E-state index is 14.2. The molecule has 3 aromatic carbocycles. The number of hydrogen-bond acceptors (Lipinski definition) is 5. The fourth-order valence-electron chi connectivity index (χ4n) is 2.98. The van der Waals surface area contributed by atoms with E-state index < -0.39 is 18.2 Å². The third-order valence-corrected chi connectivity index (χ3v) is 5.44. The smallest absolute Gasteiger partial charge is 0.387 e. The van der Waals surface area contributed by atoms with Gasteiger partial charge in [0.1, 0.15) is 23.0 Å². The molecule has 0 aliphatic carbocycles. The van der Waals surface area contributed by atoms with Gasteiger partial charge in [-0.2, -0.15) is 13.9 Å².